The molecular formula is C6H10N4OS. The first-order valence-electron chi connectivity index (χ1n) is 3.15. The van der Waals surface area contributed by atoms with Gasteiger partial charge in [0, 0.05) is 7.05 Å². The zero-order valence-corrected chi connectivity index (χ0v) is 7.42. The third kappa shape index (κ3) is 5.32. The summed E-state index contributed by atoms with van der Waals surface area (Å²) in [6, 6.07) is -0.375. The summed E-state index contributed by atoms with van der Waals surface area (Å²) < 4.78 is 0. The summed E-state index contributed by atoms with van der Waals surface area (Å²) in [4.78, 5) is 10.6. The van der Waals surface area contributed by atoms with E-state index in [9.17, 15) is 4.79 Å². The molecule has 0 aliphatic rings. The van der Waals surface area contributed by atoms with Crippen molar-refractivity contribution in [3.8, 4) is 12.3 Å². The molecule has 4 N–H and O–H groups in total. The molecule has 0 spiro atoms. The molecule has 0 aromatic heterocycles. The van der Waals surface area contributed by atoms with Crippen LogP contribution in [0.1, 0.15) is 0 Å². The number of carbonyl (C=O) groups is 1. The number of hydrazine groups is 1. The first kappa shape index (κ1) is 10.5. The minimum atomic E-state index is -0.375. The molecular weight excluding hydrogens is 176 g/mol. The van der Waals surface area contributed by atoms with Crippen molar-refractivity contribution in [3.05, 3.63) is 0 Å². The average molecular weight is 186 g/mol. The van der Waals surface area contributed by atoms with Crippen LogP contribution < -0.4 is 21.5 Å². The Morgan fingerprint density at radius 3 is 2.75 bits per heavy atom. The largest absolute Gasteiger partial charge is 0.350 e. The number of carbonyl (C=O) groups excluding carboxylic acids is 1. The van der Waals surface area contributed by atoms with Crippen molar-refractivity contribution in [2.75, 3.05) is 13.6 Å². The van der Waals surface area contributed by atoms with E-state index in [1.165, 1.54) is 7.05 Å². The van der Waals surface area contributed by atoms with Crippen LogP contribution in [0.25, 0.3) is 0 Å². The lowest BCUT2D eigenvalue weighted by molar-refractivity contribution is 0.241. The van der Waals surface area contributed by atoms with E-state index < -0.39 is 0 Å². The third-order valence-electron chi connectivity index (χ3n) is 0.868. The van der Waals surface area contributed by atoms with E-state index in [1.54, 1.807) is 0 Å². The lowest BCUT2D eigenvalue weighted by Gasteiger charge is -2.08. The summed E-state index contributed by atoms with van der Waals surface area (Å²) in [7, 11) is 1.49. The maximum Gasteiger partial charge on any atom is 0.333 e. The third-order valence-corrected chi connectivity index (χ3v) is 1.11. The summed E-state index contributed by atoms with van der Waals surface area (Å²) in [5.41, 5.74) is 4.70. The molecule has 0 bridgehead atoms. The summed E-state index contributed by atoms with van der Waals surface area (Å²) in [6.45, 7) is 0.321. The number of hydrogen-bond acceptors (Lipinski definition) is 2. The Labute approximate surface area is 76.3 Å². The van der Waals surface area contributed by atoms with Crippen LogP contribution in [0.2, 0.25) is 0 Å². The topological polar surface area (TPSA) is 65.2 Å². The second kappa shape index (κ2) is 6.24. The van der Waals surface area contributed by atoms with Crippen LogP contribution >= 0.6 is 12.2 Å². The average Bonchev–Trinajstić information content (AvgIpc) is 2.10. The normalized spacial score (nSPS) is 7.67. The minimum Gasteiger partial charge on any atom is -0.350 e. The van der Waals surface area contributed by atoms with Crippen molar-refractivity contribution in [3.63, 3.8) is 0 Å². The Morgan fingerprint density at radius 1 is 1.58 bits per heavy atom. The fourth-order valence-electron chi connectivity index (χ4n) is 0.352. The van der Waals surface area contributed by atoms with Gasteiger partial charge in [0.1, 0.15) is 0 Å². The number of thiocarbonyl (C=S) groups is 1. The van der Waals surface area contributed by atoms with Gasteiger partial charge in [0.05, 0.1) is 6.54 Å². The van der Waals surface area contributed by atoms with Gasteiger partial charge < -0.3 is 10.6 Å². The van der Waals surface area contributed by atoms with E-state index in [0.29, 0.717) is 6.54 Å². The van der Waals surface area contributed by atoms with Gasteiger partial charge in [-0.25, -0.2) is 10.2 Å². The predicted octanol–water partition coefficient (Wildman–Crippen LogP) is -1.07. The number of hydrogen-bond donors (Lipinski definition) is 4. The fourth-order valence-corrected chi connectivity index (χ4v) is 0.475. The molecule has 0 saturated carbocycles. The van der Waals surface area contributed by atoms with Crippen LogP contribution in [0.3, 0.4) is 0 Å². The molecule has 66 valence electrons. The van der Waals surface area contributed by atoms with Gasteiger partial charge in [0.15, 0.2) is 5.11 Å². The molecule has 6 heteroatoms. The number of amides is 2. The predicted molar refractivity (Wildman–Crippen MR) is 50.2 cm³/mol. The molecule has 0 radical (unpaired) electrons. The molecule has 0 rings (SSSR count). The first-order chi connectivity index (χ1) is 5.70. The SMILES string of the molecule is C#CCNC(=S)NNC(=O)NC. The number of rotatable bonds is 1. The van der Waals surface area contributed by atoms with Gasteiger partial charge in [-0.15, -0.1) is 6.42 Å². The first-order valence-corrected chi connectivity index (χ1v) is 3.56. The van der Waals surface area contributed by atoms with Gasteiger partial charge in [-0.1, -0.05) is 5.92 Å². The van der Waals surface area contributed by atoms with Crippen LogP contribution in [0, 0.1) is 12.3 Å². The van der Waals surface area contributed by atoms with Gasteiger partial charge in [-0.05, 0) is 12.2 Å². The molecule has 0 fully saturated rings. The van der Waals surface area contributed by atoms with Crippen LogP contribution in [-0.2, 0) is 0 Å². The second-order valence-electron chi connectivity index (χ2n) is 1.72. The number of nitrogens with one attached hydrogen (secondary N) is 4. The minimum absolute atomic E-state index is 0.275. The van der Waals surface area contributed by atoms with E-state index in [4.69, 9.17) is 18.6 Å². The molecule has 5 nitrogen and oxygen atoms in total. The van der Waals surface area contributed by atoms with Crippen molar-refractivity contribution in [2.45, 2.75) is 0 Å². The quantitative estimate of drug-likeness (QED) is 0.239. The van der Waals surface area contributed by atoms with Gasteiger partial charge >= 0.3 is 6.03 Å². The standard InChI is InChI=1S/C6H10N4OS/c1-3-4-8-6(12)10-9-5(11)7-2/h1H,4H2,2H3,(H2,7,9,11)(H2,8,10,12). The highest BCUT2D eigenvalue weighted by atomic mass is 32.1. The van der Waals surface area contributed by atoms with Gasteiger partial charge in [0.25, 0.3) is 0 Å². The molecule has 0 heterocycles. The molecule has 2 amide bonds. The zero-order valence-electron chi connectivity index (χ0n) is 6.60. The molecule has 0 aromatic carbocycles. The molecule has 0 aliphatic carbocycles. The van der Waals surface area contributed by atoms with Crippen LogP contribution in [0.5, 0.6) is 0 Å². The molecule has 12 heavy (non-hydrogen) atoms. The van der Waals surface area contributed by atoms with E-state index in [1.807, 2.05) is 0 Å². The van der Waals surface area contributed by atoms with E-state index >= 15 is 0 Å². The fraction of sp³-hybridized carbons (Fsp3) is 0.333. The molecule has 0 saturated heterocycles. The Balaban J connectivity index is 3.45. The van der Waals surface area contributed by atoms with Crippen molar-refractivity contribution < 1.29 is 4.79 Å². The Hall–Kier alpha value is -1.48. The molecule has 0 aliphatic heterocycles. The van der Waals surface area contributed by atoms with E-state index in [-0.39, 0.29) is 11.1 Å². The number of terminal acetylenes is 1. The van der Waals surface area contributed by atoms with E-state index in [0.717, 1.165) is 0 Å². The monoisotopic (exact) mass is 186 g/mol. The van der Waals surface area contributed by atoms with Crippen molar-refractivity contribution in [1.82, 2.24) is 21.5 Å². The van der Waals surface area contributed by atoms with Gasteiger partial charge in [-0.3, -0.25) is 5.43 Å². The van der Waals surface area contributed by atoms with Gasteiger partial charge in [0.2, 0.25) is 0 Å². The van der Waals surface area contributed by atoms with Gasteiger partial charge in [-0.2, -0.15) is 0 Å². The van der Waals surface area contributed by atoms with Crippen molar-refractivity contribution >= 4 is 23.4 Å². The van der Waals surface area contributed by atoms with Crippen LogP contribution in [-0.4, -0.2) is 24.7 Å². The Morgan fingerprint density at radius 2 is 2.25 bits per heavy atom. The lowest BCUT2D eigenvalue weighted by Crippen LogP contribution is -2.49. The Bertz CT molecular complexity index is 210. The maximum atomic E-state index is 10.6. The Kier molecular flexibility index (Phi) is 5.47. The lowest BCUT2D eigenvalue weighted by atomic mass is 10.7. The van der Waals surface area contributed by atoms with Crippen molar-refractivity contribution in [1.29, 1.82) is 0 Å². The molecule has 0 atom stereocenters. The highest BCUT2D eigenvalue weighted by molar-refractivity contribution is 7.80. The highest BCUT2D eigenvalue weighted by Crippen LogP contribution is 1.62. The maximum absolute atomic E-state index is 10.6. The summed E-state index contributed by atoms with van der Waals surface area (Å²) in [5.74, 6) is 2.33. The van der Waals surface area contributed by atoms with Crippen molar-refractivity contribution in [2.24, 2.45) is 0 Å². The summed E-state index contributed by atoms with van der Waals surface area (Å²) in [5, 5.41) is 5.26. The summed E-state index contributed by atoms with van der Waals surface area (Å²) in [6.07, 6.45) is 4.96. The second-order valence-corrected chi connectivity index (χ2v) is 2.12. The van der Waals surface area contributed by atoms with Crippen LogP contribution in [0.15, 0.2) is 0 Å². The zero-order chi connectivity index (χ0) is 9.40. The van der Waals surface area contributed by atoms with E-state index in [2.05, 4.69) is 27.4 Å². The number of urea groups is 1. The molecule has 0 unspecified atom stereocenters. The molecule has 0 aromatic rings. The van der Waals surface area contributed by atoms with Crippen LogP contribution in [0.4, 0.5) is 4.79 Å². The summed E-state index contributed by atoms with van der Waals surface area (Å²) >= 11 is 4.73. The smallest absolute Gasteiger partial charge is 0.333 e. The highest BCUT2D eigenvalue weighted by Gasteiger charge is 1.95.